The largest absolute Gasteiger partial charge is 0.494 e. The first-order valence-corrected chi connectivity index (χ1v) is 5.60. The summed E-state index contributed by atoms with van der Waals surface area (Å²) in [7, 11) is 1.61. The quantitative estimate of drug-likeness (QED) is 0.724. The molecule has 0 N–H and O–H groups in total. The summed E-state index contributed by atoms with van der Waals surface area (Å²) in [6.07, 6.45) is 0. The van der Waals surface area contributed by atoms with E-state index in [0.29, 0.717) is 17.1 Å². The minimum atomic E-state index is 0.626. The number of hydrogen-bond acceptors (Lipinski definition) is 3. The minimum absolute atomic E-state index is 0.626. The van der Waals surface area contributed by atoms with Crippen LogP contribution in [0, 0.1) is 0 Å². The van der Waals surface area contributed by atoms with E-state index in [1.54, 1.807) is 7.11 Å². The number of azo groups is 1. The van der Waals surface area contributed by atoms with Crippen LogP contribution in [0.25, 0.3) is 5.70 Å². The maximum Gasteiger partial charge on any atom is 0.146 e. The second-order valence-corrected chi connectivity index (χ2v) is 3.68. The van der Waals surface area contributed by atoms with Gasteiger partial charge < -0.3 is 4.74 Å². The zero-order valence-electron chi connectivity index (χ0n) is 10.2. The maximum absolute atomic E-state index is 5.20. The van der Waals surface area contributed by atoms with Gasteiger partial charge in [-0.25, -0.2) is 0 Å². The highest BCUT2D eigenvalue weighted by Gasteiger charge is 2.00. The molecule has 2 aromatic carbocycles. The lowest BCUT2D eigenvalue weighted by Crippen LogP contribution is -1.82. The molecule has 0 saturated carbocycles. The fourth-order valence-electron chi connectivity index (χ4n) is 1.51. The topological polar surface area (TPSA) is 34.0 Å². The number of hydrogen-bond donors (Lipinski definition) is 0. The molecule has 18 heavy (non-hydrogen) atoms. The molecule has 0 radical (unpaired) electrons. The summed E-state index contributed by atoms with van der Waals surface area (Å²) in [6, 6.07) is 17.2. The van der Waals surface area contributed by atoms with Crippen molar-refractivity contribution < 1.29 is 4.74 Å². The van der Waals surface area contributed by atoms with E-state index in [4.69, 9.17) is 4.74 Å². The number of benzene rings is 2. The maximum atomic E-state index is 5.20. The summed E-state index contributed by atoms with van der Waals surface area (Å²) in [5.41, 5.74) is 2.27. The predicted octanol–water partition coefficient (Wildman–Crippen LogP) is 4.45. The van der Waals surface area contributed by atoms with Gasteiger partial charge in [-0.1, -0.05) is 49.0 Å². The van der Waals surface area contributed by atoms with Crippen LogP contribution in [0.4, 0.5) is 5.69 Å². The smallest absolute Gasteiger partial charge is 0.146 e. The van der Waals surface area contributed by atoms with E-state index < -0.39 is 0 Å². The number of nitrogens with zero attached hydrogens (tertiary/aromatic N) is 2. The monoisotopic (exact) mass is 238 g/mol. The van der Waals surface area contributed by atoms with Crippen LogP contribution in [0.3, 0.4) is 0 Å². The second kappa shape index (κ2) is 5.77. The average Bonchev–Trinajstić information content (AvgIpc) is 2.46. The van der Waals surface area contributed by atoms with Gasteiger partial charge in [0.2, 0.25) is 0 Å². The van der Waals surface area contributed by atoms with Crippen LogP contribution >= 0.6 is 0 Å². The SMILES string of the molecule is C=C(N=Nc1ccccc1OC)c1ccccc1. The Kier molecular flexibility index (Phi) is 3.86. The molecule has 0 bridgehead atoms. The minimum Gasteiger partial charge on any atom is -0.494 e. The lowest BCUT2D eigenvalue weighted by Gasteiger charge is -2.02. The third kappa shape index (κ3) is 2.83. The summed E-state index contributed by atoms with van der Waals surface area (Å²) >= 11 is 0. The average molecular weight is 238 g/mol. The van der Waals surface area contributed by atoms with Crippen molar-refractivity contribution in [2.75, 3.05) is 7.11 Å². The van der Waals surface area contributed by atoms with Gasteiger partial charge in [-0.3, -0.25) is 0 Å². The molecule has 90 valence electrons. The van der Waals surface area contributed by atoms with Gasteiger partial charge in [-0.15, -0.1) is 5.11 Å². The molecule has 3 nitrogen and oxygen atoms in total. The number of para-hydroxylation sites is 1. The number of methoxy groups -OCH3 is 1. The van der Waals surface area contributed by atoms with E-state index in [-0.39, 0.29) is 0 Å². The summed E-state index contributed by atoms with van der Waals surface area (Å²) < 4.78 is 5.20. The fourth-order valence-corrected chi connectivity index (χ4v) is 1.51. The Labute approximate surface area is 106 Å². The molecule has 0 fully saturated rings. The van der Waals surface area contributed by atoms with Crippen molar-refractivity contribution in [2.45, 2.75) is 0 Å². The fraction of sp³-hybridized carbons (Fsp3) is 0.0667. The highest BCUT2D eigenvalue weighted by atomic mass is 16.5. The van der Waals surface area contributed by atoms with Gasteiger partial charge in [0.1, 0.15) is 11.4 Å². The van der Waals surface area contributed by atoms with Crippen LogP contribution in [0.1, 0.15) is 5.56 Å². The van der Waals surface area contributed by atoms with Gasteiger partial charge in [0.05, 0.1) is 12.8 Å². The third-order valence-corrected chi connectivity index (χ3v) is 2.47. The summed E-state index contributed by atoms with van der Waals surface area (Å²) in [5.74, 6) is 0.696. The van der Waals surface area contributed by atoms with Crippen molar-refractivity contribution in [1.82, 2.24) is 0 Å². The van der Waals surface area contributed by atoms with E-state index >= 15 is 0 Å². The Bertz CT molecular complexity index is 562. The van der Waals surface area contributed by atoms with E-state index in [2.05, 4.69) is 16.8 Å². The highest BCUT2D eigenvalue weighted by Crippen LogP contribution is 2.27. The van der Waals surface area contributed by atoms with Crippen LogP contribution in [0.5, 0.6) is 5.75 Å². The Morgan fingerprint density at radius 1 is 1.00 bits per heavy atom. The molecule has 2 rings (SSSR count). The van der Waals surface area contributed by atoms with E-state index in [1.165, 1.54) is 0 Å². The van der Waals surface area contributed by atoms with Crippen LogP contribution in [-0.4, -0.2) is 7.11 Å². The molecule has 0 aliphatic carbocycles. The molecule has 0 spiro atoms. The molecule has 2 aromatic rings. The first-order valence-electron chi connectivity index (χ1n) is 5.60. The molecular weight excluding hydrogens is 224 g/mol. The summed E-state index contributed by atoms with van der Waals surface area (Å²) in [5, 5.41) is 8.28. The van der Waals surface area contributed by atoms with Gasteiger partial charge in [0.15, 0.2) is 0 Å². The van der Waals surface area contributed by atoms with Crippen LogP contribution in [0.2, 0.25) is 0 Å². The number of ether oxygens (including phenoxy) is 1. The van der Waals surface area contributed by atoms with Gasteiger partial charge >= 0.3 is 0 Å². The lowest BCUT2D eigenvalue weighted by molar-refractivity contribution is 0.416. The van der Waals surface area contributed by atoms with Gasteiger partial charge in [-0.2, -0.15) is 5.11 Å². The summed E-state index contributed by atoms with van der Waals surface area (Å²) in [6.45, 7) is 3.89. The second-order valence-electron chi connectivity index (χ2n) is 3.68. The Balaban J connectivity index is 2.19. The van der Waals surface area contributed by atoms with Crippen molar-refractivity contribution >= 4 is 11.4 Å². The lowest BCUT2D eigenvalue weighted by atomic mass is 10.2. The standard InChI is InChI=1S/C15H14N2O/c1-12(13-8-4-3-5-9-13)16-17-14-10-6-7-11-15(14)18-2/h3-11H,1H2,2H3. The summed E-state index contributed by atoms with van der Waals surface area (Å²) in [4.78, 5) is 0. The molecule has 0 saturated heterocycles. The zero-order valence-corrected chi connectivity index (χ0v) is 10.2. The first-order chi connectivity index (χ1) is 8.81. The molecular formula is C15H14N2O. The number of rotatable bonds is 4. The molecule has 0 unspecified atom stereocenters. The Morgan fingerprint density at radius 3 is 2.39 bits per heavy atom. The zero-order chi connectivity index (χ0) is 12.8. The van der Waals surface area contributed by atoms with E-state index in [1.807, 2.05) is 54.6 Å². The van der Waals surface area contributed by atoms with Crippen molar-refractivity contribution in [3.05, 3.63) is 66.7 Å². The Morgan fingerprint density at radius 2 is 1.67 bits per heavy atom. The van der Waals surface area contributed by atoms with Gasteiger partial charge in [-0.05, 0) is 12.1 Å². The molecule has 0 aromatic heterocycles. The van der Waals surface area contributed by atoms with Crippen molar-refractivity contribution in [2.24, 2.45) is 10.2 Å². The molecule has 0 atom stereocenters. The predicted molar refractivity (Wildman–Crippen MR) is 73.0 cm³/mol. The van der Waals surface area contributed by atoms with Crippen LogP contribution in [-0.2, 0) is 0 Å². The normalized spacial score (nSPS) is 10.5. The Hall–Kier alpha value is -2.42. The van der Waals surface area contributed by atoms with Gasteiger partial charge in [0.25, 0.3) is 0 Å². The van der Waals surface area contributed by atoms with Gasteiger partial charge in [0, 0.05) is 5.56 Å². The van der Waals surface area contributed by atoms with Crippen molar-refractivity contribution in [1.29, 1.82) is 0 Å². The van der Waals surface area contributed by atoms with E-state index in [9.17, 15) is 0 Å². The molecule has 0 heterocycles. The molecule has 0 aliphatic heterocycles. The van der Waals surface area contributed by atoms with Crippen LogP contribution in [0.15, 0.2) is 71.4 Å². The van der Waals surface area contributed by atoms with Crippen LogP contribution < -0.4 is 4.74 Å². The van der Waals surface area contributed by atoms with E-state index in [0.717, 1.165) is 5.56 Å². The first kappa shape index (κ1) is 12.0. The molecule has 0 amide bonds. The molecule has 3 heteroatoms. The van der Waals surface area contributed by atoms with Crippen molar-refractivity contribution in [3.8, 4) is 5.75 Å². The third-order valence-electron chi connectivity index (χ3n) is 2.47. The van der Waals surface area contributed by atoms with Crippen molar-refractivity contribution in [3.63, 3.8) is 0 Å². The molecule has 0 aliphatic rings. The highest BCUT2D eigenvalue weighted by molar-refractivity contribution is 5.62.